The van der Waals surface area contributed by atoms with Gasteiger partial charge in [-0.05, 0) is 55.0 Å². The molecule has 2 N–H and O–H groups in total. The largest absolute Gasteiger partial charge is 0.484 e. The molecule has 7 nitrogen and oxygen atoms in total. The van der Waals surface area contributed by atoms with E-state index >= 15 is 0 Å². The Kier molecular flexibility index (Phi) is 7.43. The van der Waals surface area contributed by atoms with Crippen LogP contribution in [0.2, 0.25) is 0 Å². The minimum absolute atomic E-state index is 0.178. The number of amides is 2. The highest BCUT2D eigenvalue weighted by Gasteiger charge is 2.23. The predicted octanol–water partition coefficient (Wildman–Crippen LogP) is 2.19. The highest BCUT2D eigenvalue weighted by molar-refractivity contribution is 5.91. The van der Waals surface area contributed by atoms with Crippen molar-refractivity contribution in [1.29, 1.82) is 0 Å². The van der Waals surface area contributed by atoms with Crippen LogP contribution in [0.3, 0.4) is 0 Å². The van der Waals surface area contributed by atoms with Gasteiger partial charge in [0.25, 0.3) is 11.8 Å². The van der Waals surface area contributed by atoms with Crippen molar-refractivity contribution < 1.29 is 23.9 Å². The number of carbonyl (C=O) groups is 3. The van der Waals surface area contributed by atoms with Gasteiger partial charge in [0.2, 0.25) is 0 Å². The molecule has 0 unspecified atom stereocenters. The molecule has 1 aliphatic rings. The molecule has 1 heterocycles. The van der Waals surface area contributed by atoms with Crippen molar-refractivity contribution in [3.05, 3.63) is 65.7 Å². The Morgan fingerprint density at radius 2 is 1.60 bits per heavy atom. The zero-order valence-corrected chi connectivity index (χ0v) is 16.8. The number of benzene rings is 2. The van der Waals surface area contributed by atoms with Gasteiger partial charge in [0.05, 0.1) is 5.56 Å². The summed E-state index contributed by atoms with van der Waals surface area (Å²) in [5.41, 5.74) is 6.64. The molecule has 0 radical (unpaired) electrons. The maximum absolute atomic E-state index is 12.4. The molecule has 0 aromatic heterocycles. The van der Waals surface area contributed by atoms with Gasteiger partial charge >= 0.3 is 5.97 Å². The van der Waals surface area contributed by atoms with E-state index in [0.717, 1.165) is 19.3 Å². The molecule has 158 valence electrons. The number of likely N-dealkylation sites (tertiary alicyclic amines) is 1. The van der Waals surface area contributed by atoms with Gasteiger partial charge in [0.15, 0.2) is 13.2 Å². The van der Waals surface area contributed by atoms with Crippen molar-refractivity contribution in [3.8, 4) is 5.75 Å². The summed E-state index contributed by atoms with van der Waals surface area (Å²) in [5.74, 6) is -0.359. The zero-order chi connectivity index (χ0) is 21.3. The number of hydrogen-bond donors (Lipinski definition) is 1. The molecule has 1 fully saturated rings. The quantitative estimate of drug-likeness (QED) is 0.673. The van der Waals surface area contributed by atoms with Crippen LogP contribution in [-0.2, 0) is 20.7 Å². The molecule has 0 aliphatic carbocycles. The summed E-state index contributed by atoms with van der Waals surface area (Å²) >= 11 is 0. The van der Waals surface area contributed by atoms with E-state index in [2.05, 4.69) is 12.1 Å². The molecule has 3 rings (SSSR count). The predicted molar refractivity (Wildman–Crippen MR) is 111 cm³/mol. The Bertz CT molecular complexity index is 859. The topological polar surface area (TPSA) is 98.9 Å². The number of esters is 1. The zero-order valence-electron chi connectivity index (χ0n) is 16.8. The van der Waals surface area contributed by atoms with Crippen molar-refractivity contribution in [2.24, 2.45) is 11.7 Å². The fourth-order valence-electron chi connectivity index (χ4n) is 3.48. The van der Waals surface area contributed by atoms with E-state index < -0.39 is 11.9 Å². The van der Waals surface area contributed by atoms with Crippen molar-refractivity contribution in [2.75, 3.05) is 26.3 Å². The van der Waals surface area contributed by atoms with Gasteiger partial charge in [-0.25, -0.2) is 4.79 Å². The second-order valence-corrected chi connectivity index (χ2v) is 7.37. The number of carbonyl (C=O) groups excluding carboxylic acids is 3. The minimum Gasteiger partial charge on any atom is -0.484 e. The van der Waals surface area contributed by atoms with Gasteiger partial charge in [0, 0.05) is 13.1 Å². The van der Waals surface area contributed by atoms with Crippen LogP contribution < -0.4 is 10.5 Å². The number of rotatable bonds is 8. The number of nitrogens with two attached hydrogens (primary N) is 1. The lowest BCUT2D eigenvalue weighted by Crippen LogP contribution is -2.41. The van der Waals surface area contributed by atoms with Crippen LogP contribution in [0, 0.1) is 5.92 Å². The van der Waals surface area contributed by atoms with E-state index in [1.807, 2.05) is 18.2 Å². The highest BCUT2D eigenvalue weighted by atomic mass is 16.5. The Morgan fingerprint density at radius 1 is 0.933 bits per heavy atom. The van der Waals surface area contributed by atoms with E-state index in [4.69, 9.17) is 15.2 Å². The molecule has 7 heteroatoms. The lowest BCUT2D eigenvalue weighted by atomic mass is 9.90. The van der Waals surface area contributed by atoms with Gasteiger partial charge in [0.1, 0.15) is 5.75 Å². The molecule has 2 aromatic rings. The summed E-state index contributed by atoms with van der Waals surface area (Å²) < 4.78 is 10.3. The van der Waals surface area contributed by atoms with Crippen LogP contribution in [0.1, 0.15) is 28.8 Å². The Hall–Kier alpha value is -3.35. The molecule has 0 saturated carbocycles. The van der Waals surface area contributed by atoms with Crippen LogP contribution in [0.15, 0.2) is 54.6 Å². The standard InChI is InChI=1S/C23H26N2O5/c24-21(26)15-29-20-8-6-19(7-9-20)23(28)30-16-22(27)25-12-10-18(11-13-25)14-17-4-2-1-3-5-17/h1-9,18H,10-16H2,(H2,24,26). The van der Waals surface area contributed by atoms with E-state index in [9.17, 15) is 14.4 Å². The Morgan fingerprint density at radius 3 is 2.23 bits per heavy atom. The van der Waals surface area contributed by atoms with Crippen LogP contribution in [0.5, 0.6) is 5.75 Å². The summed E-state index contributed by atoms with van der Waals surface area (Å²) in [4.78, 5) is 37.0. The summed E-state index contributed by atoms with van der Waals surface area (Å²) in [5, 5.41) is 0. The van der Waals surface area contributed by atoms with E-state index in [0.29, 0.717) is 30.3 Å². The Labute approximate surface area is 175 Å². The monoisotopic (exact) mass is 410 g/mol. The summed E-state index contributed by atoms with van der Waals surface area (Å²) in [6.07, 6.45) is 2.92. The molecule has 0 bridgehead atoms. The van der Waals surface area contributed by atoms with Crippen molar-refractivity contribution in [3.63, 3.8) is 0 Å². The molecular weight excluding hydrogens is 384 g/mol. The molecule has 0 spiro atoms. The number of primary amides is 1. The first kappa shape index (κ1) is 21.4. The lowest BCUT2D eigenvalue weighted by molar-refractivity contribution is -0.135. The molecule has 30 heavy (non-hydrogen) atoms. The second kappa shape index (κ2) is 10.4. The molecular formula is C23H26N2O5. The average molecular weight is 410 g/mol. The third-order valence-corrected chi connectivity index (χ3v) is 5.13. The van der Waals surface area contributed by atoms with Crippen LogP contribution in [0.4, 0.5) is 0 Å². The van der Waals surface area contributed by atoms with Gasteiger partial charge in [-0.2, -0.15) is 0 Å². The SMILES string of the molecule is NC(=O)COc1ccc(C(=O)OCC(=O)N2CCC(Cc3ccccc3)CC2)cc1. The number of piperidine rings is 1. The first-order chi connectivity index (χ1) is 14.5. The number of nitrogens with zero attached hydrogens (tertiary/aromatic N) is 1. The maximum atomic E-state index is 12.4. The molecule has 2 aromatic carbocycles. The maximum Gasteiger partial charge on any atom is 0.338 e. The van der Waals surface area contributed by atoms with E-state index in [-0.39, 0.29) is 19.1 Å². The van der Waals surface area contributed by atoms with Crippen LogP contribution >= 0.6 is 0 Å². The molecule has 1 saturated heterocycles. The Balaban J connectivity index is 1.40. The first-order valence-electron chi connectivity index (χ1n) is 10.0. The van der Waals surface area contributed by atoms with Crippen molar-refractivity contribution >= 4 is 17.8 Å². The van der Waals surface area contributed by atoms with Gasteiger partial charge < -0.3 is 20.1 Å². The first-order valence-corrected chi connectivity index (χ1v) is 10.0. The van der Waals surface area contributed by atoms with Crippen LogP contribution in [0.25, 0.3) is 0 Å². The fraction of sp³-hybridized carbons (Fsp3) is 0.348. The minimum atomic E-state index is -0.582. The fourth-order valence-corrected chi connectivity index (χ4v) is 3.48. The highest BCUT2D eigenvalue weighted by Crippen LogP contribution is 2.22. The normalized spacial score (nSPS) is 14.2. The lowest BCUT2D eigenvalue weighted by Gasteiger charge is -2.32. The van der Waals surface area contributed by atoms with Crippen molar-refractivity contribution in [2.45, 2.75) is 19.3 Å². The molecule has 2 amide bonds. The van der Waals surface area contributed by atoms with Crippen LogP contribution in [-0.4, -0.2) is 49.0 Å². The van der Waals surface area contributed by atoms with Crippen molar-refractivity contribution in [1.82, 2.24) is 4.90 Å². The number of hydrogen-bond acceptors (Lipinski definition) is 5. The van der Waals surface area contributed by atoms with E-state index in [1.165, 1.54) is 17.7 Å². The summed E-state index contributed by atoms with van der Waals surface area (Å²) in [7, 11) is 0. The van der Waals surface area contributed by atoms with Gasteiger partial charge in [-0.15, -0.1) is 0 Å². The smallest absolute Gasteiger partial charge is 0.338 e. The van der Waals surface area contributed by atoms with E-state index in [1.54, 1.807) is 17.0 Å². The van der Waals surface area contributed by atoms with Gasteiger partial charge in [-0.1, -0.05) is 30.3 Å². The summed E-state index contributed by atoms with van der Waals surface area (Å²) in [6.45, 7) is 0.849. The third-order valence-electron chi connectivity index (χ3n) is 5.13. The molecule has 0 atom stereocenters. The third kappa shape index (κ3) is 6.34. The molecule has 1 aliphatic heterocycles. The second-order valence-electron chi connectivity index (χ2n) is 7.37. The summed E-state index contributed by atoms with van der Waals surface area (Å²) in [6, 6.07) is 16.5. The number of ether oxygens (including phenoxy) is 2. The van der Waals surface area contributed by atoms with Gasteiger partial charge in [-0.3, -0.25) is 9.59 Å². The average Bonchev–Trinajstić information content (AvgIpc) is 2.77.